The molecule has 0 spiro atoms. The van der Waals surface area contributed by atoms with Crippen LogP contribution in [0.3, 0.4) is 0 Å². The number of ether oxygens (including phenoxy) is 1. The second kappa shape index (κ2) is 4.48. The summed E-state index contributed by atoms with van der Waals surface area (Å²) in [5, 5.41) is 22.5. The maximum atomic E-state index is 13.9. The Morgan fingerprint density at radius 3 is 2.88 bits per heavy atom. The third kappa shape index (κ3) is 1.92. The van der Waals surface area contributed by atoms with Gasteiger partial charge in [-0.15, -0.1) is 0 Å². The van der Waals surface area contributed by atoms with Gasteiger partial charge >= 0.3 is 0 Å². The lowest BCUT2D eigenvalue weighted by Crippen LogP contribution is -2.56. The van der Waals surface area contributed by atoms with E-state index in [0.29, 0.717) is 5.17 Å². The highest BCUT2D eigenvalue weighted by molar-refractivity contribution is 8.14. The van der Waals surface area contributed by atoms with E-state index >= 15 is 0 Å². The van der Waals surface area contributed by atoms with Crippen molar-refractivity contribution in [1.29, 1.82) is 0 Å². The number of halogens is 1. The monoisotopic (exact) mass is 250 g/mol. The van der Waals surface area contributed by atoms with Crippen LogP contribution < -0.4 is 5.32 Å². The van der Waals surface area contributed by atoms with Crippen LogP contribution in [0.5, 0.6) is 0 Å². The highest BCUT2D eigenvalue weighted by Crippen LogP contribution is 2.37. The SMILES string of the molecule is CNC1=N[C@@H]2[C@H](F)[C@H](O)[C@@H]([C@@H](C)O)O[C@@H]2S1. The summed E-state index contributed by atoms with van der Waals surface area (Å²) in [7, 11) is 1.69. The molecule has 2 heterocycles. The predicted octanol–water partition coefficient (Wildman–Crippen LogP) is -0.518. The van der Waals surface area contributed by atoms with Crippen LogP contribution in [0.4, 0.5) is 4.39 Å². The summed E-state index contributed by atoms with van der Waals surface area (Å²) in [5.74, 6) is 0. The molecule has 5 nitrogen and oxygen atoms in total. The summed E-state index contributed by atoms with van der Waals surface area (Å²) in [5.41, 5.74) is -0.472. The van der Waals surface area contributed by atoms with Crippen molar-refractivity contribution in [3.63, 3.8) is 0 Å². The van der Waals surface area contributed by atoms with Gasteiger partial charge in [-0.1, -0.05) is 11.8 Å². The third-order valence-corrected chi connectivity index (χ3v) is 3.90. The Hall–Kier alpha value is -0.370. The molecule has 0 bridgehead atoms. The fourth-order valence-corrected chi connectivity index (χ4v) is 2.93. The van der Waals surface area contributed by atoms with Crippen molar-refractivity contribution in [3.8, 4) is 0 Å². The van der Waals surface area contributed by atoms with Crippen LogP contribution in [0.25, 0.3) is 0 Å². The van der Waals surface area contributed by atoms with E-state index in [1.165, 1.54) is 18.7 Å². The molecule has 1 saturated heterocycles. The second-order valence-corrected chi connectivity index (χ2v) is 5.02. The van der Waals surface area contributed by atoms with E-state index in [-0.39, 0.29) is 0 Å². The van der Waals surface area contributed by atoms with Crippen LogP contribution in [0.15, 0.2) is 4.99 Å². The van der Waals surface area contributed by atoms with Crippen LogP contribution >= 0.6 is 11.8 Å². The molecule has 6 atom stereocenters. The smallest absolute Gasteiger partial charge is 0.159 e. The van der Waals surface area contributed by atoms with Crippen molar-refractivity contribution in [1.82, 2.24) is 5.32 Å². The Bertz CT molecular complexity index is 302. The maximum Gasteiger partial charge on any atom is 0.159 e. The van der Waals surface area contributed by atoms with Gasteiger partial charge in [0.15, 0.2) is 11.3 Å². The molecule has 0 saturated carbocycles. The molecule has 0 aromatic heterocycles. The Balaban J connectivity index is 2.14. The molecular formula is C9H15FN2O3S. The highest BCUT2D eigenvalue weighted by Gasteiger charge is 2.50. The van der Waals surface area contributed by atoms with Gasteiger partial charge in [0.2, 0.25) is 0 Å². The first-order valence-electron chi connectivity index (χ1n) is 5.12. The van der Waals surface area contributed by atoms with Crippen LogP contribution in [0.1, 0.15) is 6.92 Å². The fraction of sp³-hybridized carbons (Fsp3) is 0.889. The summed E-state index contributed by atoms with van der Waals surface area (Å²) in [6.07, 6.45) is -4.64. The normalized spacial score (nSPS) is 44.8. The van der Waals surface area contributed by atoms with Crippen LogP contribution in [-0.4, -0.2) is 58.4 Å². The van der Waals surface area contributed by atoms with Gasteiger partial charge in [0.25, 0.3) is 0 Å². The van der Waals surface area contributed by atoms with Crippen LogP contribution in [0, 0.1) is 0 Å². The zero-order chi connectivity index (χ0) is 11.9. The van der Waals surface area contributed by atoms with E-state index in [1.54, 1.807) is 7.05 Å². The number of aliphatic imine (C=N–C) groups is 1. The van der Waals surface area contributed by atoms with Gasteiger partial charge in [0.1, 0.15) is 23.7 Å². The van der Waals surface area contributed by atoms with Crippen LogP contribution in [0.2, 0.25) is 0 Å². The molecule has 0 aromatic carbocycles. The predicted molar refractivity (Wildman–Crippen MR) is 59.1 cm³/mol. The van der Waals surface area contributed by atoms with Crippen molar-refractivity contribution in [2.45, 2.75) is 42.9 Å². The number of hydrogen-bond donors (Lipinski definition) is 3. The first kappa shape index (κ1) is 12.1. The average Bonchev–Trinajstić information content (AvgIpc) is 2.66. The molecule has 7 heteroatoms. The fourth-order valence-electron chi connectivity index (χ4n) is 1.88. The van der Waals surface area contributed by atoms with E-state index in [4.69, 9.17) is 4.74 Å². The molecule has 16 heavy (non-hydrogen) atoms. The van der Waals surface area contributed by atoms with Gasteiger partial charge < -0.3 is 20.3 Å². The lowest BCUT2D eigenvalue weighted by atomic mass is 9.97. The number of alkyl halides is 1. The number of thioether (sulfide) groups is 1. The molecule has 0 radical (unpaired) electrons. The van der Waals surface area contributed by atoms with Gasteiger partial charge in [-0.3, -0.25) is 4.99 Å². The summed E-state index contributed by atoms with van der Waals surface area (Å²) in [4.78, 5) is 4.08. The minimum Gasteiger partial charge on any atom is -0.391 e. The van der Waals surface area contributed by atoms with Gasteiger partial charge in [-0.05, 0) is 6.92 Å². The number of nitrogens with zero attached hydrogens (tertiary/aromatic N) is 1. The summed E-state index contributed by atoms with van der Waals surface area (Å²) in [6, 6.07) is -0.697. The quantitative estimate of drug-likeness (QED) is 0.584. The molecule has 92 valence electrons. The Labute approximate surface area is 97.1 Å². The highest BCUT2D eigenvalue weighted by atomic mass is 32.2. The number of hydrogen-bond acceptors (Lipinski definition) is 6. The van der Waals surface area contributed by atoms with Gasteiger partial charge in [0, 0.05) is 7.05 Å². The zero-order valence-electron chi connectivity index (χ0n) is 9.00. The lowest BCUT2D eigenvalue weighted by molar-refractivity contribution is -0.165. The molecule has 2 aliphatic heterocycles. The molecule has 2 aliphatic rings. The number of nitrogens with one attached hydrogen (secondary N) is 1. The van der Waals surface area contributed by atoms with Crippen molar-refractivity contribution >= 4 is 16.9 Å². The second-order valence-electron chi connectivity index (χ2n) is 3.94. The number of amidine groups is 1. The molecule has 0 amide bonds. The van der Waals surface area contributed by atoms with E-state index < -0.39 is 36.0 Å². The molecule has 0 aliphatic carbocycles. The molecule has 3 N–H and O–H groups in total. The zero-order valence-corrected chi connectivity index (χ0v) is 9.82. The van der Waals surface area contributed by atoms with Gasteiger partial charge in [-0.25, -0.2) is 4.39 Å². The summed E-state index contributed by atoms with van der Waals surface area (Å²) >= 11 is 1.28. The standard InChI is InChI=1S/C9H15FN2O3S/c1-3(13)7-6(14)4(10)5-8(15-7)16-9(11-2)12-5/h3-8,13-14H,1-2H3,(H,11,12)/t3-,4+,5-,6+,7-,8-/m1/s1. The molecule has 0 aromatic rings. The molecular weight excluding hydrogens is 235 g/mol. The molecule has 2 rings (SSSR count). The number of rotatable bonds is 1. The average molecular weight is 250 g/mol. The van der Waals surface area contributed by atoms with E-state index in [1.807, 2.05) is 0 Å². The number of fused-ring (bicyclic) bond motifs is 1. The van der Waals surface area contributed by atoms with Crippen molar-refractivity contribution < 1.29 is 19.3 Å². The number of aliphatic hydroxyl groups is 2. The third-order valence-electron chi connectivity index (χ3n) is 2.74. The van der Waals surface area contributed by atoms with Gasteiger partial charge in [-0.2, -0.15) is 0 Å². The Morgan fingerprint density at radius 2 is 2.31 bits per heavy atom. The summed E-state index contributed by atoms with van der Waals surface area (Å²) < 4.78 is 19.3. The minimum atomic E-state index is -1.50. The number of aliphatic hydroxyl groups excluding tert-OH is 2. The molecule has 1 fully saturated rings. The van der Waals surface area contributed by atoms with E-state index in [9.17, 15) is 14.6 Å². The minimum absolute atomic E-state index is 0.472. The van der Waals surface area contributed by atoms with Crippen molar-refractivity contribution in [2.75, 3.05) is 7.05 Å². The maximum absolute atomic E-state index is 13.9. The first-order valence-corrected chi connectivity index (χ1v) is 6.00. The van der Waals surface area contributed by atoms with Crippen molar-refractivity contribution in [3.05, 3.63) is 0 Å². The Morgan fingerprint density at radius 1 is 1.62 bits per heavy atom. The van der Waals surface area contributed by atoms with E-state index in [2.05, 4.69) is 10.3 Å². The first-order chi connectivity index (χ1) is 7.54. The van der Waals surface area contributed by atoms with E-state index in [0.717, 1.165) is 0 Å². The Kier molecular flexibility index (Phi) is 3.39. The topological polar surface area (TPSA) is 74.1 Å². The van der Waals surface area contributed by atoms with Crippen LogP contribution in [-0.2, 0) is 4.74 Å². The van der Waals surface area contributed by atoms with Gasteiger partial charge in [0.05, 0.1) is 6.10 Å². The van der Waals surface area contributed by atoms with Crippen molar-refractivity contribution in [2.24, 2.45) is 4.99 Å². The largest absolute Gasteiger partial charge is 0.391 e. The lowest BCUT2D eigenvalue weighted by Gasteiger charge is -2.38. The summed E-state index contributed by atoms with van der Waals surface area (Å²) in [6.45, 7) is 1.47. The molecule has 0 unspecified atom stereocenters.